The van der Waals surface area contributed by atoms with Crippen LogP contribution in [0.2, 0.25) is 0 Å². The molecule has 0 saturated carbocycles. The number of anilines is 2. The third kappa shape index (κ3) is 7.76. The number of nitrogens with one attached hydrogen (secondary N) is 2. The number of aryl methyl sites for hydroxylation is 2. The zero-order chi connectivity index (χ0) is 37.8. The Balaban J connectivity index is 0.000000146. The van der Waals surface area contributed by atoms with Crippen molar-refractivity contribution in [2.45, 2.75) is 38.9 Å². The van der Waals surface area contributed by atoms with Crippen LogP contribution in [0.5, 0.6) is 0 Å². The molecule has 0 spiro atoms. The van der Waals surface area contributed by atoms with E-state index >= 15 is 0 Å². The van der Waals surface area contributed by atoms with E-state index in [-0.39, 0.29) is 11.8 Å². The highest BCUT2D eigenvalue weighted by molar-refractivity contribution is 7.99. The van der Waals surface area contributed by atoms with Gasteiger partial charge in [-0.05, 0) is 62.0 Å². The molecule has 4 aromatic rings. The first kappa shape index (κ1) is 36.7. The number of carbonyl (C=O) groups is 2. The highest BCUT2D eigenvalue weighted by Gasteiger charge is 2.33. The summed E-state index contributed by atoms with van der Waals surface area (Å²) >= 11 is 2.06. The van der Waals surface area contributed by atoms with Gasteiger partial charge in [0.25, 0.3) is 11.8 Å². The number of nitrogens with zero attached hydrogens (tertiary/aromatic N) is 2. The lowest BCUT2D eigenvalue weighted by Crippen LogP contribution is -2.36. The molecule has 6 aliphatic rings. The molecule has 10 heteroatoms. The van der Waals surface area contributed by atoms with Crippen LogP contribution in [0, 0.1) is 0 Å². The third-order valence-electron chi connectivity index (χ3n) is 11.5. The van der Waals surface area contributed by atoms with E-state index in [0.717, 1.165) is 91.5 Å². The fourth-order valence-electron chi connectivity index (χ4n) is 8.50. The standard InChI is InChI=1S/C23H24N2O3.C23H24N2O2S/c26-23-21(19-5-1-2-6-20(19)24-23)22-18-8-7-16(14-17(18)15-28-22)4-3-9-25-10-12-27-13-11-25;26-23-21(19-5-1-2-6-20(19)24-23)22-18-8-7-16(14-17(18)15-27-22)4-3-9-25-10-12-28-13-11-25/h2*1-2,5-8,14H,3-4,9-13,15H2,(H,24,26). The maximum atomic E-state index is 12.5. The van der Waals surface area contributed by atoms with Crippen LogP contribution in [0.3, 0.4) is 0 Å². The van der Waals surface area contributed by atoms with Crippen LogP contribution in [-0.4, -0.2) is 85.6 Å². The van der Waals surface area contributed by atoms with Crippen molar-refractivity contribution in [1.82, 2.24) is 9.80 Å². The van der Waals surface area contributed by atoms with E-state index in [1.165, 1.54) is 59.8 Å². The van der Waals surface area contributed by atoms with Gasteiger partial charge in [0.2, 0.25) is 0 Å². The molecule has 2 saturated heterocycles. The SMILES string of the molecule is O=C1Nc2ccccc2C1=C1OCc2cc(CCCN3CCOCC3)ccc21.O=C1Nc2ccccc2C1=C1OCc2cc(CCCN3CCSCC3)ccc21. The number of morpholine rings is 1. The smallest absolute Gasteiger partial charge is 0.260 e. The molecule has 0 atom stereocenters. The minimum atomic E-state index is -0.0846. The highest BCUT2D eigenvalue weighted by Crippen LogP contribution is 2.43. The van der Waals surface area contributed by atoms with Gasteiger partial charge in [0, 0.05) is 82.4 Å². The van der Waals surface area contributed by atoms with Crippen molar-refractivity contribution in [3.63, 3.8) is 0 Å². The average molecular weight is 769 g/mol. The summed E-state index contributed by atoms with van der Waals surface area (Å²) in [4.78, 5) is 30.1. The third-order valence-corrected chi connectivity index (χ3v) is 12.4. The van der Waals surface area contributed by atoms with Crippen LogP contribution in [-0.2, 0) is 49.9 Å². The largest absolute Gasteiger partial charge is 0.487 e. The normalized spacial score (nSPS) is 21.2. The molecule has 0 radical (unpaired) electrons. The first-order valence-electron chi connectivity index (χ1n) is 20.0. The van der Waals surface area contributed by atoms with Gasteiger partial charge in [-0.15, -0.1) is 0 Å². The molecule has 2 amide bonds. The number of carbonyl (C=O) groups excluding carboxylic acids is 2. The van der Waals surface area contributed by atoms with Gasteiger partial charge in [-0.2, -0.15) is 11.8 Å². The van der Waals surface area contributed by atoms with Crippen molar-refractivity contribution in [1.29, 1.82) is 0 Å². The van der Waals surface area contributed by atoms with E-state index in [2.05, 4.69) is 68.6 Å². The summed E-state index contributed by atoms with van der Waals surface area (Å²) < 4.78 is 17.4. The van der Waals surface area contributed by atoms with E-state index in [9.17, 15) is 9.59 Å². The summed E-state index contributed by atoms with van der Waals surface area (Å²) in [5.74, 6) is 3.80. The van der Waals surface area contributed by atoms with Crippen molar-refractivity contribution >= 4 is 57.6 Å². The molecule has 0 aliphatic carbocycles. The van der Waals surface area contributed by atoms with Crippen LogP contribution >= 0.6 is 11.8 Å². The van der Waals surface area contributed by atoms with Crippen molar-refractivity contribution < 1.29 is 23.8 Å². The van der Waals surface area contributed by atoms with Gasteiger partial charge < -0.3 is 29.7 Å². The van der Waals surface area contributed by atoms with Crippen LogP contribution in [0.4, 0.5) is 11.4 Å². The Hall–Kier alpha value is -4.87. The van der Waals surface area contributed by atoms with Crippen molar-refractivity contribution in [3.05, 3.63) is 129 Å². The van der Waals surface area contributed by atoms with Gasteiger partial charge in [-0.3, -0.25) is 14.5 Å². The molecule has 0 bridgehead atoms. The number of rotatable bonds is 8. The maximum absolute atomic E-state index is 12.5. The Morgan fingerprint density at radius 2 is 1.05 bits per heavy atom. The van der Waals surface area contributed by atoms with Crippen molar-refractivity contribution in [2.24, 2.45) is 0 Å². The second-order valence-corrected chi connectivity index (χ2v) is 16.3. The average Bonchev–Trinajstić information content (AvgIpc) is 4.00. The zero-order valence-electron chi connectivity index (χ0n) is 31.7. The number of benzene rings is 4. The van der Waals surface area contributed by atoms with E-state index in [1.54, 1.807) is 0 Å². The summed E-state index contributed by atoms with van der Waals surface area (Å²) in [6.07, 6.45) is 4.48. The quantitative estimate of drug-likeness (QED) is 0.180. The summed E-state index contributed by atoms with van der Waals surface area (Å²) in [6.45, 7) is 9.60. The molecule has 6 heterocycles. The molecule has 0 aromatic heterocycles. The Kier molecular flexibility index (Phi) is 11.0. The summed E-state index contributed by atoms with van der Waals surface area (Å²) in [5.41, 5.74) is 12.0. The minimum Gasteiger partial charge on any atom is -0.487 e. The Bertz CT molecular complexity index is 2050. The monoisotopic (exact) mass is 768 g/mol. The number of hydrogen-bond donors (Lipinski definition) is 2. The molecule has 2 N–H and O–H groups in total. The van der Waals surface area contributed by atoms with Gasteiger partial charge in [0.05, 0.1) is 24.4 Å². The molecule has 10 rings (SSSR count). The topological polar surface area (TPSA) is 92.4 Å². The molecule has 9 nitrogen and oxygen atoms in total. The van der Waals surface area contributed by atoms with Gasteiger partial charge in [-0.1, -0.05) is 72.8 Å². The first-order valence-corrected chi connectivity index (χ1v) is 21.1. The van der Waals surface area contributed by atoms with Crippen molar-refractivity contribution in [3.8, 4) is 0 Å². The molecule has 288 valence electrons. The summed E-state index contributed by atoms with van der Waals surface area (Å²) in [5, 5.41) is 5.88. The molecular formula is C46H48N4O5S. The molecule has 6 aliphatic heterocycles. The van der Waals surface area contributed by atoms with Crippen molar-refractivity contribution in [2.75, 3.05) is 74.6 Å². The number of thioether (sulfide) groups is 1. The van der Waals surface area contributed by atoms with Gasteiger partial charge in [0.1, 0.15) is 24.7 Å². The lowest BCUT2D eigenvalue weighted by atomic mass is 9.98. The zero-order valence-corrected chi connectivity index (χ0v) is 32.6. The molecule has 0 unspecified atom stereocenters. The van der Waals surface area contributed by atoms with Gasteiger partial charge >= 0.3 is 0 Å². The van der Waals surface area contributed by atoms with Gasteiger partial charge in [-0.25, -0.2) is 0 Å². The van der Waals surface area contributed by atoms with E-state index < -0.39 is 0 Å². The van der Waals surface area contributed by atoms with Crippen LogP contribution < -0.4 is 10.6 Å². The van der Waals surface area contributed by atoms with Crippen LogP contribution in [0.1, 0.15) is 57.3 Å². The molecule has 4 aromatic carbocycles. The molecule has 56 heavy (non-hydrogen) atoms. The van der Waals surface area contributed by atoms with Crippen LogP contribution in [0.15, 0.2) is 84.9 Å². The fourth-order valence-corrected chi connectivity index (χ4v) is 9.48. The first-order chi connectivity index (χ1) is 27.6. The van der Waals surface area contributed by atoms with E-state index in [1.807, 2.05) is 48.5 Å². The number of para-hydroxylation sites is 2. The Morgan fingerprint density at radius 1 is 0.571 bits per heavy atom. The number of amides is 2. The fraction of sp³-hybridized carbons (Fsp3) is 0.348. The van der Waals surface area contributed by atoms with E-state index in [0.29, 0.717) is 30.1 Å². The Morgan fingerprint density at radius 3 is 1.57 bits per heavy atom. The Labute approximate surface area is 333 Å². The second kappa shape index (κ2) is 16.7. The van der Waals surface area contributed by atoms with Gasteiger partial charge in [0.15, 0.2) is 0 Å². The number of fused-ring (bicyclic) bond motifs is 4. The highest BCUT2D eigenvalue weighted by atomic mass is 32.2. The predicted octanol–water partition coefficient (Wildman–Crippen LogP) is 7.32. The summed E-state index contributed by atoms with van der Waals surface area (Å²) in [6, 6.07) is 28.7. The molecular weight excluding hydrogens is 721 g/mol. The number of ether oxygens (including phenoxy) is 3. The summed E-state index contributed by atoms with van der Waals surface area (Å²) in [7, 11) is 0. The predicted molar refractivity (Wildman–Crippen MR) is 224 cm³/mol. The lowest BCUT2D eigenvalue weighted by Gasteiger charge is -2.26. The molecule has 2 fully saturated rings. The minimum absolute atomic E-state index is 0.0761. The lowest BCUT2D eigenvalue weighted by molar-refractivity contribution is -0.111. The van der Waals surface area contributed by atoms with E-state index in [4.69, 9.17) is 14.2 Å². The van der Waals surface area contributed by atoms with Crippen LogP contribution in [0.25, 0.3) is 22.7 Å². The maximum Gasteiger partial charge on any atom is 0.260 e. The second-order valence-electron chi connectivity index (χ2n) is 15.1. The number of hydrogen-bond acceptors (Lipinski definition) is 8.